The van der Waals surface area contributed by atoms with Crippen LogP contribution in [0.4, 0.5) is 10.7 Å². The molecular formula is C21H26N4O4. The van der Waals surface area contributed by atoms with Crippen molar-refractivity contribution in [2.24, 2.45) is 0 Å². The van der Waals surface area contributed by atoms with E-state index in [1.807, 2.05) is 45.0 Å². The number of hydrogen-bond acceptors (Lipinski definition) is 7. The Hall–Kier alpha value is -3.03. The summed E-state index contributed by atoms with van der Waals surface area (Å²) in [7, 11) is 0. The van der Waals surface area contributed by atoms with Gasteiger partial charge in [-0.05, 0) is 45.0 Å². The molecule has 0 spiro atoms. The van der Waals surface area contributed by atoms with Gasteiger partial charge in [0.05, 0.1) is 5.69 Å². The highest BCUT2D eigenvalue weighted by molar-refractivity contribution is 5.69. The molecule has 0 radical (unpaired) electrons. The van der Waals surface area contributed by atoms with Crippen molar-refractivity contribution in [2.75, 3.05) is 44.3 Å². The van der Waals surface area contributed by atoms with E-state index in [1.54, 1.807) is 11.1 Å². The zero-order valence-electron chi connectivity index (χ0n) is 17.1. The standard InChI is InChI=1S/C21H26N4O4/c1-21(2,3)29-20(26)25-10-8-24(9-11-25)19-22-7-6-16(23-19)15-4-5-17-18(14-15)28-13-12-27-17/h4-7,14H,8-13H2,1-3H3. The Morgan fingerprint density at radius 1 is 1.03 bits per heavy atom. The second-order valence-corrected chi connectivity index (χ2v) is 8.05. The van der Waals surface area contributed by atoms with Crippen molar-refractivity contribution in [3.63, 3.8) is 0 Å². The summed E-state index contributed by atoms with van der Waals surface area (Å²) in [5.74, 6) is 2.15. The van der Waals surface area contributed by atoms with Crippen LogP contribution in [0, 0.1) is 0 Å². The molecule has 0 unspecified atom stereocenters. The summed E-state index contributed by atoms with van der Waals surface area (Å²) in [4.78, 5) is 25.2. The molecule has 29 heavy (non-hydrogen) atoms. The Morgan fingerprint density at radius 3 is 2.48 bits per heavy atom. The number of aromatic nitrogens is 2. The first-order valence-corrected chi connectivity index (χ1v) is 9.85. The molecule has 0 bridgehead atoms. The minimum Gasteiger partial charge on any atom is -0.486 e. The molecule has 8 heteroatoms. The van der Waals surface area contributed by atoms with E-state index in [9.17, 15) is 4.79 Å². The summed E-state index contributed by atoms with van der Waals surface area (Å²) in [5, 5.41) is 0. The van der Waals surface area contributed by atoms with Gasteiger partial charge in [0.2, 0.25) is 5.95 Å². The predicted octanol–water partition coefficient (Wildman–Crippen LogP) is 2.97. The number of amides is 1. The summed E-state index contributed by atoms with van der Waals surface area (Å²) in [5.41, 5.74) is 1.28. The molecule has 4 rings (SSSR count). The molecule has 0 aliphatic carbocycles. The highest BCUT2D eigenvalue weighted by Gasteiger charge is 2.27. The number of benzene rings is 1. The highest BCUT2D eigenvalue weighted by atomic mass is 16.6. The molecule has 0 saturated carbocycles. The van der Waals surface area contributed by atoms with E-state index in [1.165, 1.54) is 0 Å². The molecule has 3 heterocycles. The van der Waals surface area contributed by atoms with Crippen molar-refractivity contribution in [1.29, 1.82) is 0 Å². The average molecular weight is 398 g/mol. The van der Waals surface area contributed by atoms with Crippen LogP contribution in [0.25, 0.3) is 11.3 Å². The van der Waals surface area contributed by atoms with E-state index < -0.39 is 5.60 Å². The van der Waals surface area contributed by atoms with Gasteiger partial charge in [-0.3, -0.25) is 0 Å². The summed E-state index contributed by atoms with van der Waals surface area (Å²) in [6.07, 6.45) is 1.48. The Bertz CT molecular complexity index is 888. The minimum atomic E-state index is -0.491. The van der Waals surface area contributed by atoms with Gasteiger partial charge in [0.25, 0.3) is 0 Å². The zero-order valence-corrected chi connectivity index (χ0v) is 17.1. The van der Waals surface area contributed by atoms with E-state index in [4.69, 9.17) is 19.2 Å². The lowest BCUT2D eigenvalue weighted by Gasteiger charge is -2.35. The van der Waals surface area contributed by atoms with Gasteiger partial charge in [-0.15, -0.1) is 0 Å². The first-order valence-electron chi connectivity index (χ1n) is 9.85. The molecular weight excluding hydrogens is 372 g/mol. The third kappa shape index (κ3) is 4.52. The molecule has 0 N–H and O–H groups in total. The predicted molar refractivity (Wildman–Crippen MR) is 108 cm³/mol. The maximum atomic E-state index is 12.2. The number of ether oxygens (including phenoxy) is 3. The van der Waals surface area contributed by atoms with Crippen molar-refractivity contribution in [3.8, 4) is 22.8 Å². The minimum absolute atomic E-state index is 0.275. The number of rotatable bonds is 2. The van der Waals surface area contributed by atoms with E-state index >= 15 is 0 Å². The normalized spacial score (nSPS) is 16.5. The van der Waals surface area contributed by atoms with Crippen LogP contribution in [0.15, 0.2) is 30.5 Å². The Labute approximate surface area is 170 Å². The molecule has 8 nitrogen and oxygen atoms in total. The summed E-state index contributed by atoms with van der Waals surface area (Å²) in [6.45, 7) is 9.20. The summed E-state index contributed by atoms with van der Waals surface area (Å²) < 4.78 is 16.7. The van der Waals surface area contributed by atoms with Crippen molar-refractivity contribution in [1.82, 2.24) is 14.9 Å². The van der Waals surface area contributed by atoms with Crippen LogP contribution in [-0.4, -0.2) is 66.0 Å². The summed E-state index contributed by atoms with van der Waals surface area (Å²) >= 11 is 0. The number of anilines is 1. The molecule has 1 aromatic heterocycles. The Balaban J connectivity index is 1.44. The number of carbonyl (C=O) groups excluding carboxylic acids is 1. The van der Waals surface area contributed by atoms with Crippen molar-refractivity contribution < 1.29 is 19.0 Å². The Kier molecular flexibility index (Phi) is 5.17. The molecule has 2 aliphatic rings. The van der Waals surface area contributed by atoms with Crippen LogP contribution in [0.3, 0.4) is 0 Å². The van der Waals surface area contributed by atoms with Gasteiger partial charge in [-0.2, -0.15) is 0 Å². The van der Waals surface area contributed by atoms with E-state index in [0.717, 1.165) is 22.8 Å². The van der Waals surface area contributed by atoms with Gasteiger partial charge in [0.15, 0.2) is 11.5 Å². The van der Waals surface area contributed by atoms with Crippen LogP contribution in [0.2, 0.25) is 0 Å². The van der Waals surface area contributed by atoms with Crippen molar-refractivity contribution in [2.45, 2.75) is 26.4 Å². The largest absolute Gasteiger partial charge is 0.486 e. The van der Waals surface area contributed by atoms with Crippen molar-refractivity contribution >= 4 is 12.0 Å². The topological polar surface area (TPSA) is 77.0 Å². The van der Waals surface area contributed by atoms with Crippen LogP contribution in [-0.2, 0) is 4.74 Å². The van der Waals surface area contributed by atoms with Crippen LogP contribution >= 0.6 is 0 Å². The van der Waals surface area contributed by atoms with Crippen molar-refractivity contribution in [3.05, 3.63) is 30.5 Å². The number of hydrogen-bond donors (Lipinski definition) is 0. The van der Waals surface area contributed by atoms with Gasteiger partial charge in [-0.25, -0.2) is 14.8 Å². The van der Waals surface area contributed by atoms with Crippen LogP contribution < -0.4 is 14.4 Å². The van der Waals surface area contributed by atoms with E-state index in [2.05, 4.69) is 9.88 Å². The Morgan fingerprint density at radius 2 is 1.76 bits per heavy atom. The van der Waals surface area contributed by atoms with Gasteiger partial charge < -0.3 is 24.0 Å². The molecule has 1 fully saturated rings. The molecule has 1 saturated heterocycles. The molecule has 1 aromatic carbocycles. The fraction of sp³-hybridized carbons (Fsp3) is 0.476. The maximum Gasteiger partial charge on any atom is 0.410 e. The molecule has 2 aliphatic heterocycles. The second-order valence-electron chi connectivity index (χ2n) is 8.05. The molecule has 1 amide bonds. The number of nitrogens with zero attached hydrogens (tertiary/aromatic N) is 4. The monoisotopic (exact) mass is 398 g/mol. The average Bonchev–Trinajstić information content (AvgIpc) is 2.72. The van der Waals surface area contributed by atoms with Crippen LogP contribution in [0.1, 0.15) is 20.8 Å². The third-order valence-corrected chi connectivity index (χ3v) is 4.70. The number of carbonyl (C=O) groups is 1. The molecule has 154 valence electrons. The number of fused-ring (bicyclic) bond motifs is 1. The zero-order chi connectivity index (χ0) is 20.4. The maximum absolute atomic E-state index is 12.2. The first-order chi connectivity index (χ1) is 13.9. The highest BCUT2D eigenvalue weighted by Crippen LogP contribution is 2.34. The lowest BCUT2D eigenvalue weighted by molar-refractivity contribution is 0.0240. The first kappa shape index (κ1) is 19.3. The van der Waals surface area contributed by atoms with E-state index in [0.29, 0.717) is 45.3 Å². The third-order valence-electron chi connectivity index (χ3n) is 4.70. The molecule has 0 atom stereocenters. The van der Waals surface area contributed by atoms with Gasteiger partial charge in [0, 0.05) is 37.9 Å². The SMILES string of the molecule is CC(C)(C)OC(=O)N1CCN(c2nccc(-c3ccc4c(c3)OCCO4)n2)CC1. The lowest BCUT2D eigenvalue weighted by atomic mass is 10.1. The van der Waals surface area contributed by atoms with Crippen LogP contribution in [0.5, 0.6) is 11.5 Å². The van der Waals surface area contributed by atoms with Gasteiger partial charge >= 0.3 is 6.09 Å². The smallest absolute Gasteiger partial charge is 0.410 e. The summed E-state index contributed by atoms with van der Waals surface area (Å²) in [6, 6.07) is 7.71. The van der Waals surface area contributed by atoms with Gasteiger partial charge in [-0.1, -0.05) is 0 Å². The second kappa shape index (κ2) is 7.77. The quantitative estimate of drug-likeness (QED) is 0.770. The lowest BCUT2D eigenvalue weighted by Crippen LogP contribution is -2.50. The fourth-order valence-corrected chi connectivity index (χ4v) is 3.28. The fourth-order valence-electron chi connectivity index (χ4n) is 3.28. The molecule has 2 aromatic rings. The van der Waals surface area contributed by atoms with Gasteiger partial charge in [0.1, 0.15) is 18.8 Å². The number of piperazine rings is 1. The van der Waals surface area contributed by atoms with E-state index in [-0.39, 0.29) is 6.09 Å².